The Morgan fingerprint density at radius 2 is 2.02 bits per heavy atom. The van der Waals surface area contributed by atoms with Crippen LogP contribution in [0.4, 0.5) is 10.2 Å². The highest BCUT2D eigenvalue weighted by atomic mass is 19.1. The maximum atomic E-state index is 14.7. The molecule has 1 aromatic heterocycles. The summed E-state index contributed by atoms with van der Waals surface area (Å²) >= 11 is 0. The minimum atomic E-state index is -0.492. The summed E-state index contributed by atoms with van der Waals surface area (Å²) in [5.74, 6) is 4.07. The van der Waals surface area contributed by atoms with Gasteiger partial charge >= 0.3 is 0 Å². The number of phenols is 1. The number of rotatable bonds is 8. The molecule has 4 aliphatic rings. The summed E-state index contributed by atoms with van der Waals surface area (Å²) in [6.07, 6.45) is 10.4. The molecule has 238 valence electrons. The zero-order valence-electron chi connectivity index (χ0n) is 25.8. The number of ether oxygens (including phenoxy) is 3. The normalized spacial score (nSPS) is 24.9. The average molecular weight is 617 g/mol. The summed E-state index contributed by atoms with van der Waals surface area (Å²) in [5, 5.41) is 18.6. The summed E-state index contributed by atoms with van der Waals surface area (Å²) in [6, 6.07) is 6.24. The zero-order valence-corrected chi connectivity index (χ0v) is 25.8. The van der Waals surface area contributed by atoms with Gasteiger partial charge in [-0.25, -0.2) is 9.37 Å². The second-order valence-corrected chi connectivity index (χ2v) is 13.2. The highest BCUT2D eigenvalue weighted by molar-refractivity contribution is 5.96. The van der Waals surface area contributed by atoms with Crippen molar-refractivity contribution in [1.29, 1.82) is 0 Å². The van der Waals surface area contributed by atoms with E-state index in [0.29, 0.717) is 71.9 Å². The first-order chi connectivity index (χ1) is 21.8. The van der Waals surface area contributed by atoms with Crippen molar-refractivity contribution >= 4 is 22.5 Å². The van der Waals surface area contributed by atoms with Crippen LogP contribution in [0.5, 0.6) is 5.75 Å². The van der Waals surface area contributed by atoms with E-state index in [1.165, 1.54) is 6.07 Å². The Kier molecular flexibility index (Phi) is 8.06. The van der Waals surface area contributed by atoms with Crippen LogP contribution < -0.4 is 5.73 Å². The van der Waals surface area contributed by atoms with Crippen molar-refractivity contribution in [3.05, 3.63) is 53.2 Å². The van der Waals surface area contributed by atoms with Crippen molar-refractivity contribution < 1.29 is 23.7 Å². The minimum absolute atomic E-state index is 0.0535. The molecule has 0 amide bonds. The maximum absolute atomic E-state index is 14.7. The van der Waals surface area contributed by atoms with Gasteiger partial charge in [-0.1, -0.05) is 12.0 Å². The number of nitrogens with zero attached hydrogens (tertiary/aromatic N) is 5. The minimum Gasteiger partial charge on any atom is -0.508 e. The third kappa shape index (κ3) is 6.07. The highest BCUT2D eigenvalue weighted by Gasteiger charge is 2.48. The summed E-state index contributed by atoms with van der Waals surface area (Å²) < 4.78 is 34.4. The maximum Gasteiger partial charge on any atom is 0.260 e. The van der Waals surface area contributed by atoms with Gasteiger partial charge in [0.15, 0.2) is 5.69 Å². The molecule has 4 fully saturated rings. The fourth-order valence-corrected chi connectivity index (χ4v) is 7.07. The molecule has 1 aliphatic carbocycles. The van der Waals surface area contributed by atoms with E-state index in [-0.39, 0.29) is 29.3 Å². The monoisotopic (exact) mass is 616 g/mol. The quantitative estimate of drug-likeness (QED) is 0.224. The van der Waals surface area contributed by atoms with Crippen molar-refractivity contribution in [2.24, 2.45) is 22.4 Å². The lowest BCUT2D eigenvalue weighted by Crippen LogP contribution is -2.34. The van der Waals surface area contributed by atoms with Crippen LogP contribution in [-0.4, -0.2) is 95.7 Å². The van der Waals surface area contributed by atoms with Crippen molar-refractivity contribution in [3.8, 4) is 18.1 Å². The number of hydrogen-bond donors (Lipinski definition) is 2. The average Bonchev–Trinajstić information content (AvgIpc) is 3.34. The molecule has 45 heavy (non-hydrogen) atoms. The number of anilines is 1. The Bertz CT molecular complexity index is 1630. The van der Waals surface area contributed by atoms with Crippen LogP contribution in [0.25, 0.3) is 10.8 Å². The smallest absolute Gasteiger partial charge is 0.260 e. The first kappa shape index (κ1) is 29.8. The largest absolute Gasteiger partial charge is 0.508 e. The second kappa shape index (κ2) is 12.2. The number of aromatic nitrogens is 2. The van der Waals surface area contributed by atoms with E-state index >= 15 is 0 Å². The second-order valence-electron chi connectivity index (χ2n) is 13.2. The van der Waals surface area contributed by atoms with Crippen LogP contribution >= 0.6 is 0 Å². The van der Waals surface area contributed by atoms with E-state index in [0.717, 1.165) is 52.1 Å². The molecule has 1 saturated carbocycles. The number of imidazole rings is 1. The molecular formula is C34H41FN6O4. The predicted molar refractivity (Wildman–Crippen MR) is 169 cm³/mol. The van der Waals surface area contributed by atoms with E-state index in [1.54, 1.807) is 29.1 Å². The van der Waals surface area contributed by atoms with Crippen molar-refractivity contribution in [1.82, 2.24) is 19.5 Å². The van der Waals surface area contributed by atoms with Crippen LogP contribution in [0.3, 0.4) is 0 Å². The number of hydrogen-bond acceptors (Lipinski definition) is 9. The predicted octanol–water partition coefficient (Wildman–Crippen LogP) is 3.64. The molecule has 3 aliphatic heterocycles. The zero-order chi connectivity index (χ0) is 31.1. The van der Waals surface area contributed by atoms with E-state index in [1.807, 2.05) is 5.01 Å². The van der Waals surface area contributed by atoms with Crippen LogP contribution in [-0.2, 0) is 20.8 Å². The standard InChI is InChI=1S/C34H41FN6O4/c1-3-28-29(35)5-4-23-12-27(42)13-24(30(23)28)16-40-21-37-31(32(40)36)33(38-41-9-11-43-10-6-22(41)2)45-20-34(7-8-34)19-39-14-25-17-44-18-26(25)15-39/h1,4-5,12-13,21-22,25-26,42H,6-11,14-20,36H2,2H3/b38-33+. The fourth-order valence-electron chi connectivity index (χ4n) is 7.07. The van der Waals surface area contributed by atoms with Gasteiger partial charge in [-0.2, -0.15) is 0 Å². The number of phenolic OH excluding ortho intramolecular Hbond substituents is 1. The van der Waals surface area contributed by atoms with E-state index < -0.39 is 5.82 Å². The van der Waals surface area contributed by atoms with Crippen LogP contribution in [0, 0.1) is 35.4 Å². The third-order valence-corrected chi connectivity index (χ3v) is 9.92. The summed E-state index contributed by atoms with van der Waals surface area (Å²) in [5.41, 5.74) is 8.05. The van der Waals surface area contributed by atoms with Gasteiger partial charge in [0.25, 0.3) is 5.90 Å². The molecule has 10 nitrogen and oxygen atoms in total. The summed E-state index contributed by atoms with van der Waals surface area (Å²) in [6.45, 7) is 9.70. The van der Waals surface area contributed by atoms with Gasteiger partial charge in [-0.3, -0.25) is 5.01 Å². The first-order valence-electron chi connectivity index (χ1n) is 15.9. The van der Waals surface area contributed by atoms with Crippen molar-refractivity contribution in [3.63, 3.8) is 0 Å². The lowest BCUT2D eigenvalue weighted by atomic mass is 9.98. The molecule has 2 aromatic carbocycles. The molecule has 3 atom stereocenters. The van der Waals surface area contributed by atoms with E-state index in [2.05, 4.69) is 22.7 Å². The van der Waals surface area contributed by atoms with Gasteiger partial charge < -0.3 is 34.5 Å². The van der Waals surface area contributed by atoms with Crippen LogP contribution in [0.15, 0.2) is 35.7 Å². The molecule has 0 bridgehead atoms. The topological polar surface area (TPSA) is 111 Å². The Morgan fingerprint density at radius 1 is 1.22 bits per heavy atom. The van der Waals surface area contributed by atoms with Gasteiger partial charge in [-0.05, 0) is 55.3 Å². The lowest BCUT2D eigenvalue weighted by Gasteiger charge is -2.26. The molecule has 7 rings (SSSR count). The Balaban J connectivity index is 1.16. The molecule has 3 unspecified atom stereocenters. The van der Waals surface area contributed by atoms with Gasteiger partial charge in [0.2, 0.25) is 0 Å². The number of nitrogen functional groups attached to an aromatic ring is 1. The molecule has 3 aromatic rings. The van der Waals surface area contributed by atoms with E-state index in [4.69, 9.17) is 31.5 Å². The van der Waals surface area contributed by atoms with Gasteiger partial charge in [0, 0.05) is 54.9 Å². The van der Waals surface area contributed by atoms with Gasteiger partial charge in [0.05, 0.1) is 51.4 Å². The number of halogens is 1. The van der Waals surface area contributed by atoms with Crippen molar-refractivity contribution in [2.75, 3.05) is 64.9 Å². The molecule has 11 heteroatoms. The number of terminal acetylenes is 1. The number of benzene rings is 2. The SMILES string of the molecule is C#Cc1c(F)ccc2cc(O)cc(Cn3cnc(/C(=N\N4CCOCCC4C)OCC4(CN5CC6COCC6C5)CC4)c3N)c12. The Morgan fingerprint density at radius 3 is 2.78 bits per heavy atom. The molecule has 3 saturated heterocycles. The molecule has 0 radical (unpaired) electrons. The third-order valence-electron chi connectivity index (χ3n) is 9.92. The highest BCUT2D eigenvalue weighted by Crippen LogP contribution is 2.48. The summed E-state index contributed by atoms with van der Waals surface area (Å²) in [4.78, 5) is 7.25. The molecule has 0 spiro atoms. The van der Waals surface area contributed by atoms with Crippen molar-refractivity contribution in [2.45, 2.75) is 38.8 Å². The number of fused-ring (bicyclic) bond motifs is 2. The molecule has 3 N–H and O–H groups in total. The summed E-state index contributed by atoms with van der Waals surface area (Å²) in [7, 11) is 0. The molecule has 4 heterocycles. The fraction of sp³-hybridized carbons (Fsp3) is 0.529. The Hall–Kier alpha value is -3.85. The molecular weight excluding hydrogens is 575 g/mol. The lowest BCUT2D eigenvalue weighted by molar-refractivity contribution is 0.127. The van der Waals surface area contributed by atoms with Crippen LogP contribution in [0.2, 0.25) is 0 Å². The number of nitrogens with two attached hydrogens (primary N) is 1. The van der Waals surface area contributed by atoms with Crippen LogP contribution in [0.1, 0.15) is 43.0 Å². The van der Waals surface area contributed by atoms with E-state index in [9.17, 15) is 9.50 Å². The van der Waals surface area contributed by atoms with Gasteiger partial charge in [-0.15, -0.1) is 11.5 Å². The number of likely N-dealkylation sites (tertiary alicyclic amines) is 1. The first-order valence-corrected chi connectivity index (χ1v) is 15.9. The number of aromatic hydroxyl groups is 1. The van der Waals surface area contributed by atoms with Gasteiger partial charge in [0.1, 0.15) is 17.4 Å². The number of hydrazone groups is 1. The Labute approximate surface area is 262 Å².